The molecule has 2 nitrogen and oxygen atoms in total. The Labute approximate surface area is 109 Å². The van der Waals surface area contributed by atoms with Crippen LogP contribution in [0.4, 0.5) is 0 Å². The summed E-state index contributed by atoms with van der Waals surface area (Å²) in [7, 11) is 0. The number of nitrogens with zero attached hydrogens (tertiary/aromatic N) is 1. The molecule has 0 bridgehead atoms. The van der Waals surface area contributed by atoms with Gasteiger partial charge in [0.05, 0.1) is 10.4 Å². The van der Waals surface area contributed by atoms with Crippen LogP contribution in [0.25, 0.3) is 0 Å². The maximum atomic E-state index is 10.7. The highest BCUT2D eigenvalue weighted by atomic mass is 79.9. The van der Waals surface area contributed by atoms with Gasteiger partial charge in [-0.2, -0.15) is 0 Å². The second kappa shape index (κ2) is 5.15. The minimum atomic E-state index is -0.635. The second-order valence-electron chi connectivity index (χ2n) is 4.71. The van der Waals surface area contributed by atoms with E-state index < -0.39 is 5.60 Å². The van der Waals surface area contributed by atoms with E-state index in [9.17, 15) is 5.11 Å². The van der Waals surface area contributed by atoms with E-state index in [4.69, 9.17) is 0 Å². The van der Waals surface area contributed by atoms with E-state index in [0.717, 1.165) is 41.1 Å². The smallest absolute Gasteiger partial charge is 0.123 e. The third-order valence-corrected chi connectivity index (χ3v) is 5.58. The Kier molecular flexibility index (Phi) is 4.03. The third kappa shape index (κ3) is 2.49. The van der Waals surface area contributed by atoms with Crippen LogP contribution in [-0.4, -0.2) is 10.1 Å². The van der Waals surface area contributed by atoms with Crippen molar-refractivity contribution < 1.29 is 5.11 Å². The molecule has 1 aromatic rings. The standard InChI is InChI=1S/C12H18BrNOS/c1-2-9-4-3-6-12(15,7-5-9)10-11(13)14-8-16-10/h8-9,15H,2-7H2,1H3. The SMILES string of the molecule is CCC1CCCC(O)(c2scnc2Br)CC1. The minimum Gasteiger partial charge on any atom is -0.384 e. The number of thiazole rings is 1. The second-order valence-corrected chi connectivity index (χ2v) is 6.31. The molecule has 1 fully saturated rings. The van der Waals surface area contributed by atoms with Crippen LogP contribution in [0.3, 0.4) is 0 Å². The van der Waals surface area contributed by atoms with Gasteiger partial charge < -0.3 is 5.11 Å². The van der Waals surface area contributed by atoms with Gasteiger partial charge in [0.15, 0.2) is 0 Å². The lowest BCUT2D eigenvalue weighted by Crippen LogP contribution is -2.24. The van der Waals surface area contributed by atoms with E-state index in [2.05, 4.69) is 27.8 Å². The molecule has 0 aliphatic heterocycles. The fourth-order valence-electron chi connectivity index (χ4n) is 2.57. The van der Waals surface area contributed by atoms with Gasteiger partial charge in [-0.15, -0.1) is 11.3 Å². The topological polar surface area (TPSA) is 33.1 Å². The Bertz CT molecular complexity index is 355. The maximum absolute atomic E-state index is 10.7. The lowest BCUT2D eigenvalue weighted by Gasteiger charge is -2.25. The minimum absolute atomic E-state index is 0.635. The van der Waals surface area contributed by atoms with Gasteiger partial charge in [0.1, 0.15) is 10.2 Å². The van der Waals surface area contributed by atoms with Crippen molar-refractivity contribution in [2.75, 3.05) is 0 Å². The van der Waals surface area contributed by atoms with E-state index in [0.29, 0.717) is 0 Å². The number of aliphatic hydroxyl groups is 1. The molecule has 90 valence electrons. The Morgan fingerprint density at radius 1 is 1.56 bits per heavy atom. The summed E-state index contributed by atoms with van der Waals surface area (Å²) in [5.41, 5.74) is 1.17. The Balaban J connectivity index is 2.16. The van der Waals surface area contributed by atoms with Crippen LogP contribution in [0.5, 0.6) is 0 Å². The van der Waals surface area contributed by atoms with Gasteiger partial charge in [-0.05, 0) is 47.5 Å². The molecule has 1 saturated carbocycles. The van der Waals surface area contributed by atoms with E-state index in [-0.39, 0.29) is 0 Å². The zero-order valence-electron chi connectivity index (χ0n) is 9.58. The first-order valence-corrected chi connectivity index (χ1v) is 7.65. The van der Waals surface area contributed by atoms with Crippen LogP contribution >= 0.6 is 27.3 Å². The zero-order valence-corrected chi connectivity index (χ0v) is 12.0. The average molecular weight is 304 g/mol. The fourth-order valence-corrected chi connectivity index (χ4v) is 4.29. The van der Waals surface area contributed by atoms with E-state index in [1.54, 1.807) is 16.8 Å². The molecular formula is C12H18BrNOS. The van der Waals surface area contributed by atoms with Crippen molar-refractivity contribution >= 4 is 27.3 Å². The summed E-state index contributed by atoms with van der Waals surface area (Å²) in [6.07, 6.45) is 6.52. The normalized spacial score (nSPS) is 31.3. The number of hydrogen-bond donors (Lipinski definition) is 1. The number of aromatic nitrogens is 1. The lowest BCUT2D eigenvalue weighted by molar-refractivity contribution is 0.0224. The fraction of sp³-hybridized carbons (Fsp3) is 0.750. The summed E-state index contributed by atoms with van der Waals surface area (Å²) in [5.74, 6) is 0.792. The Morgan fingerprint density at radius 3 is 3.00 bits per heavy atom. The first-order valence-electron chi connectivity index (χ1n) is 5.97. The van der Waals surface area contributed by atoms with Gasteiger partial charge in [-0.25, -0.2) is 4.98 Å². The quantitative estimate of drug-likeness (QED) is 0.835. The molecule has 1 aliphatic carbocycles. The van der Waals surface area contributed by atoms with Crippen LogP contribution in [0.2, 0.25) is 0 Å². The highest BCUT2D eigenvalue weighted by Crippen LogP contribution is 2.42. The summed E-state index contributed by atoms with van der Waals surface area (Å²) in [6, 6.07) is 0. The monoisotopic (exact) mass is 303 g/mol. The Hall–Kier alpha value is 0.0700. The largest absolute Gasteiger partial charge is 0.384 e. The van der Waals surface area contributed by atoms with Gasteiger partial charge in [0.2, 0.25) is 0 Å². The first-order chi connectivity index (χ1) is 7.65. The molecule has 1 N–H and O–H groups in total. The first kappa shape index (κ1) is 12.5. The van der Waals surface area contributed by atoms with Crippen LogP contribution in [0, 0.1) is 5.92 Å². The third-order valence-electron chi connectivity index (χ3n) is 3.69. The van der Waals surface area contributed by atoms with Gasteiger partial charge in [-0.3, -0.25) is 0 Å². The van der Waals surface area contributed by atoms with Crippen LogP contribution in [-0.2, 0) is 5.60 Å². The molecule has 0 aromatic carbocycles. The molecule has 0 amide bonds. The van der Waals surface area contributed by atoms with Gasteiger partial charge in [0, 0.05) is 0 Å². The summed E-state index contributed by atoms with van der Waals surface area (Å²) in [6.45, 7) is 2.25. The zero-order chi connectivity index (χ0) is 11.6. The lowest BCUT2D eigenvalue weighted by atomic mass is 9.92. The van der Waals surface area contributed by atoms with Crippen LogP contribution < -0.4 is 0 Å². The van der Waals surface area contributed by atoms with Gasteiger partial charge >= 0.3 is 0 Å². The van der Waals surface area contributed by atoms with Gasteiger partial charge in [-0.1, -0.05) is 19.8 Å². The molecule has 2 unspecified atom stereocenters. The molecule has 2 rings (SSSR count). The van der Waals surface area contributed by atoms with Crippen molar-refractivity contribution in [2.45, 2.75) is 51.0 Å². The predicted molar refractivity (Wildman–Crippen MR) is 70.6 cm³/mol. The van der Waals surface area contributed by atoms with Crippen LogP contribution in [0.1, 0.15) is 50.3 Å². The molecule has 0 radical (unpaired) electrons. The number of rotatable bonds is 2. The molecule has 1 aromatic heterocycles. The van der Waals surface area contributed by atoms with E-state index in [1.807, 2.05) is 0 Å². The van der Waals surface area contributed by atoms with Gasteiger partial charge in [0.25, 0.3) is 0 Å². The highest BCUT2D eigenvalue weighted by molar-refractivity contribution is 9.10. The summed E-state index contributed by atoms with van der Waals surface area (Å²) < 4.78 is 0.829. The predicted octanol–water partition coefficient (Wildman–Crippen LogP) is 4.08. The summed E-state index contributed by atoms with van der Waals surface area (Å²) >= 11 is 5.00. The molecule has 16 heavy (non-hydrogen) atoms. The summed E-state index contributed by atoms with van der Waals surface area (Å²) in [4.78, 5) is 5.20. The molecule has 0 saturated heterocycles. The van der Waals surface area contributed by atoms with Crippen molar-refractivity contribution in [1.82, 2.24) is 4.98 Å². The van der Waals surface area contributed by atoms with Crippen molar-refractivity contribution in [2.24, 2.45) is 5.92 Å². The molecule has 0 spiro atoms. The Morgan fingerprint density at radius 2 is 2.38 bits per heavy atom. The van der Waals surface area contributed by atoms with E-state index in [1.165, 1.54) is 12.8 Å². The maximum Gasteiger partial charge on any atom is 0.123 e. The van der Waals surface area contributed by atoms with Crippen LogP contribution in [0.15, 0.2) is 10.1 Å². The molecule has 2 atom stereocenters. The number of halogens is 1. The highest BCUT2D eigenvalue weighted by Gasteiger charge is 2.35. The molecule has 4 heteroatoms. The average Bonchev–Trinajstić information content (AvgIpc) is 2.60. The molecular weight excluding hydrogens is 286 g/mol. The van der Waals surface area contributed by atoms with Crippen molar-refractivity contribution in [3.63, 3.8) is 0 Å². The number of hydrogen-bond acceptors (Lipinski definition) is 3. The van der Waals surface area contributed by atoms with Crippen molar-refractivity contribution in [1.29, 1.82) is 0 Å². The van der Waals surface area contributed by atoms with E-state index >= 15 is 0 Å². The molecule has 1 heterocycles. The molecule has 1 aliphatic rings. The van der Waals surface area contributed by atoms with Crippen molar-refractivity contribution in [3.8, 4) is 0 Å². The van der Waals surface area contributed by atoms with Crippen molar-refractivity contribution in [3.05, 3.63) is 15.0 Å². The summed E-state index contributed by atoms with van der Waals surface area (Å²) in [5, 5.41) is 10.7.